The molecule has 0 bridgehead atoms. The molecule has 2 N–H and O–H groups in total. The van der Waals surface area contributed by atoms with Crippen molar-refractivity contribution < 1.29 is 4.79 Å². The standard InChI is InChI=1S/C11H14ClN5O/c12-9-13-6-3-8(15-9)16-17-10(18)14-7-11(17)4-1-2-5-11/h3,6H,1-2,4-5,7H2,(H,14,18)(H,13,15,16). The third-order valence-electron chi connectivity index (χ3n) is 3.63. The number of anilines is 1. The molecular weight excluding hydrogens is 254 g/mol. The smallest absolute Gasteiger partial charge is 0.334 e. The van der Waals surface area contributed by atoms with Gasteiger partial charge in [0.15, 0.2) is 0 Å². The lowest BCUT2D eigenvalue weighted by molar-refractivity contribution is 0.180. The lowest BCUT2D eigenvalue weighted by Gasteiger charge is -2.33. The summed E-state index contributed by atoms with van der Waals surface area (Å²) >= 11 is 5.74. The summed E-state index contributed by atoms with van der Waals surface area (Å²) in [5, 5.41) is 4.72. The number of nitrogens with zero attached hydrogens (tertiary/aromatic N) is 3. The van der Waals surface area contributed by atoms with Gasteiger partial charge in [-0.15, -0.1) is 0 Å². The molecule has 1 aliphatic carbocycles. The van der Waals surface area contributed by atoms with Gasteiger partial charge in [0, 0.05) is 18.8 Å². The van der Waals surface area contributed by atoms with Crippen LogP contribution in [0.4, 0.5) is 10.6 Å². The number of urea groups is 1. The van der Waals surface area contributed by atoms with Crippen molar-refractivity contribution in [2.24, 2.45) is 0 Å². The van der Waals surface area contributed by atoms with Crippen LogP contribution in [0.2, 0.25) is 5.28 Å². The van der Waals surface area contributed by atoms with E-state index in [1.165, 1.54) is 0 Å². The molecule has 2 heterocycles. The fourth-order valence-corrected chi connectivity index (χ4v) is 2.88. The Labute approximate surface area is 110 Å². The molecule has 0 atom stereocenters. The lowest BCUT2D eigenvalue weighted by Crippen LogP contribution is -2.48. The Hall–Kier alpha value is -1.56. The monoisotopic (exact) mass is 267 g/mol. The summed E-state index contributed by atoms with van der Waals surface area (Å²) in [6.07, 6.45) is 5.89. The molecule has 6 nitrogen and oxygen atoms in total. The van der Waals surface area contributed by atoms with E-state index in [0.29, 0.717) is 12.4 Å². The Morgan fingerprint density at radius 1 is 1.44 bits per heavy atom. The van der Waals surface area contributed by atoms with Gasteiger partial charge >= 0.3 is 6.03 Å². The van der Waals surface area contributed by atoms with Crippen LogP contribution in [0.3, 0.4) is 0 Å². The second-order valence-corrected chi connectivity index (χ2v) is 5.09. The van der Waals surface area contributed by atoms with E-state index >= 15 is 0 Å². The highest BCUT2D eigenvalue weighted by Crippen LogP contribution is 2.37. The number of rotatable bonds is 2. The van der Waals surface area contributed by atoms with E-state index in [-0.39, 0.29) is 16.9 Å². The molecule has 7 heteroatoms. The third-order valence-corrected chi connectivity index (χ3v) is 3.82. The molecular formula is C11H14ClN5O. The average Bonchev–Trinajstić information content (AvgIpc) is 2.93. The van der Waals surface area contributed by atoms with Crippen molar-refractivity contribution in [2.45, 2.75) is 31.2 Å². The second kappa shape index (κ2) is 4.28. The minimum absolute atomic E-state index is 0.105. The Morgan fingerprint density at radius 2 is 2.22 bits per heavy atom. The zero-order chi connectivity index (χ0) is 12.6. The third kappa shape index (κ3) is 1.86. The topological polar surface area (TPSA) is 70.2 Å². The maximum Gasteiger partial charge on any atom is 0.336 e. The van der Waals surface area contributed by atoms with Crippen LogP contribution < -0.4 is 10.7 Å². The predicted octanol–water partition coefficient (Wildman–Crippen LogP) is 1.79. The number of carbonyl (C=O) groups is 1. The zero-order valence-corrected chi connectivity index (χ0v) is 10.6. The minimum atomic E-state index is -0.117. The van der Waals surface area contributed by atoms with Crippen LogP contribution in [-0.2, 0) is 0 Å². The number of carbonyl (C=O) groups excluding carboxylic acids is 1. The predicted molar refractivity (Wildman–Crippen MR) is 67.1 cm³/mol. The van der Waals surface area contributed by atoms with Crippen molar-refractivity contribution in [1.82, 2.24) is 20.3 Å². The van der Waals surface area contributed by atoms with Crippen molar-refractivity contribution in [3.05, 3.63) is 17.5 Å². The summed E-state index contributed by atoms with van der Waals surface area (Å²) in [6.45, 7) is 0.692. The summed E-state index contributed by atoms with van der Waals surface area (Å²) in [7, 11) is 0. The van der Waals surface area contributed by atoms with Crippen LogP contribution in [-0.4, -0.2) is 33.1 Å². The van der Waals surface area contributed by atoms with Crippen molar-refractivity contribution in [3.8, 4) is 0 Å². The summed E-state index contributed by atoms with van der Waals surface area (Å²) in [4.78, 5) is 19.8. The van der Waals surface area contributed by atoms with Crippen molar-refractivity contribution in [3.63, 3.8) is 0 Å². The Kier molecular flexibility index (Phi) is 2.74. The van der Waals surface area contributed by atoms with Crippen LogP contribution in [0.1, 0.15) is 25.7 Å². The first kappa shape index (κ1) is 11.5. The van der Waals surface area contributed by atoms with Crippen LogP contribution in [0.15, 0.2) is 12.3 Å². The van der Waals surface area contributed by atoms with E-state index in [9.17, 15) is 4.79 Å². The number of halogens is 1. The highest BCUT2D eigenvalue weighted by atomic mass is 35.5. The summed E-state index contributed by atoms with van der Waals surface area (Å²) in [5.41, 5.74) is 2.93. The number of amides is 2. The summed E-state index contributed by atoms with van der Waals surface area (Å²) < 4.78 is 0. The molecule has 1 aromatic heterocycles. The quantitative estimate of drug-likeness (QED) is 0.802. The zero-order valence-electron chi connectivity index (χ0n) is 9.82. The van der Waals surface area contributed by atoms with Gasteiger partial charge in [-0.05, 0) is 24.4 Å². The first-order chi connectivity index (χ1) is 8.70. The maximum absolute atomic E-state index is 11.9. The average molecular weight is 268 g/mol. The molecule has 96 valence electrons. The van der Waals surface area contributed by atoms with Crippen molar-refractivity contribution in [2.75, 3.05) is 12.0 Å². The molecule has 1 saturated heterocycles. The highest BCUT2D eigenvalue weighted by molar-refractivity contribution is 6.28. The molecule has 1 aliphatic heterocycles. The fraction of sp³-hybridized carbons (Fsp3) is 0.545. The maximum atomic E-state index is 11.9. The van der Waals surface area contributed by atoms with Crippen LogP contribution in [0.5, 0.6) is 0 Å². The lowest BCUT2D eigenvalue weighted by atomic mass is 9.99. The van der Waals surface area contributed by atoms with Gasteiger partial charge in [-0.2, -0.15) is 4.98 Å². The van der Waals surface area contributed by atoms with E-state index in [2.05, 4.69) is 20.7 Å². The molecule has 0 radical (unpaired) electrons. The van der Waals surface area contributed by atoms with Gasteiger partial charge in [0.05, 0.1) is 5.54 Å². The molecule has 18 heavy (non-hydrogen) atoms. The molecule has 2 fully saturated rings. The van der Waals surface area contributed by atoms with E-state index in [1.54, 1.807) is 17.3 Å². The number of nitrogens with one attached hydrogen (secondary N) is 2. The normalized spacial score (nSPS) is 21.4. The molecule has 0 aromatic carbocycles. The number of aromatic nitrogens is 2. The molecule has 1 saturated carbocycles. The van der Waals surface area contributed by atoms with Gasteiger partial charge < -0.3 is 5.32 Å². The number of hydrogen-bond acceptors (Lipinski definition) is 4. The Balaban J connectivity index is 1.83. The molecule has 3 rings (SSSR count). The van der Waals surface area contributed by atoms with Crippen LogP contribution >= 0.6 is 11.6 Å². The minimum Gasteiger partial charge on any atom is -0.334 e. The fourth-order valence-electron chi connectivity index (χ4n) is 2.73. The highest BCUT2D eigenvalue weighted by Gasteiger charge is 2.47. The summed E-state index contributed by atoms with van der Waals surface area (Å²) in [6, 6.07) is 1.59. The van der Waals surface area contributed by atoms with Crippen molar-refractivity contribution in [1.29, 1.82) is 0 Å². The van der Waals surface area contributed by atoms with Gasteiger partial charge in [0.1, 0.15) is 5.82 Å². The first-order valence-electron chi connectivity index (χ1n) is 6.03. The Morgan fingerprint density at radius 3 is 2.94 bits per heavy atom. The number of hydrazine groups is 1. The molecule has 2 aliphatic rings. The van der Waals surface area contributed by atoms with Crippen molar-refractivity contribution >= 4 is 23.4 Å². The van der Waals surface area contributed by atoms with Crippen LogP contribution in [0, 0.1) is 0 Å². The van der Waals surface area contributed by atoms with Gasteiger partial charge in [-0.3, -0.25) is 5.43 Å². The molecule has 1 aromatic rings. The van der Waals surface area contributed by atoms with E-state index in [0.717, 1.165) is 25.7 Å². The SMILES string of the molecule is O=C1NCC2(CCCC2)N1Nc1ccnc(Cl)n1. The van der Waals surface area contributed by atoms with Gasteiger partial charge in [-0.25, -0.2) is 14.8 Å². The van der Waals surface area contributed by atoms with Crippen LogP contribution in [0.25, 0.3) is 0 Å². The van der Waals surface area contributed by atoms with E-state index < -0.39 is 0 Å². The van der Waals surface area contributed by atoms with E-state index in [4.69, 9.17) is 11.6 Å². The van der Waals surface area contributed by atoms with E-state index in [1.807, 2.05) is 0 Å². The molecule has 1 spiro atoms. The van der Waals surface area contributed by atoms with Gasteiger partial charge in [0.25, 0.3) is 0 Å². The van der Waals surface area contributed by atoms with Gasteiger partial charge in [0.2, 0.25) is 5.28 Å². The second-order valence-electron chi connectivity index (χ2n) is 4.75. The largest absolute Gasteiger partial charge is 0.336 e. The number of hydrogen-bond donors (Lipinski definition) is 2. The molecule has 0 unspecified atom stereocenters. The Bertz CT molecular complexity index is 474. The summed E-state index contributed by atoms with van der Waals surface area (Å²) in [5.74, 6) is 0.540. The molecule has 2 amide bonds. The first-order valence-corrected chi connectivity index (χ1v) is 6.41. The van der Waals surface area contributed by atoms with Gasteiger partial charge in [-0.1, -0.05) is 12.8 Å².